The second-order valence-electron chi connectivity index (χ2n) is 7.59. The van der Waals surface area contributed by atoms with Gasteiger partial charge in [0.1, 0.15) is 28.7 Å². The summed E-state index contributed by atoms with van der Waals surface area (Å²) in [7, 11) is 0. The molecule has 4 nitrogen and oxygen atoms in total. The molecule has 0 bridgehead atoms. The summed E-state index contributed by atoms with van der Waals surface area (Å²) in [4.78, 5) is 10.9. The summed E-state index contributed by atoms with van der Waals surface area (Å²) in [6.07, 6.45) is -2.48. The number of carbonyl (C=O) groups excluding carboxylic acids is 1. The van der Waals surface area contributed by atoms with Crippen molar-refractivity contribution in [2.45, 2.75) is 19.0 Å². The van der Waals surface area contributed by atoms with E-state index in [1.54, 1.807) is 0 Å². The van der Waals surface area contributed by atoms with Crippen molar-refractivity contribution in [2.24, 2.45) is 0 Å². The summed E-state index contributed by atoms with van der Waals surface area (Å²) in [5.41, 5.74) is -1.59. The molecule has 0 fully saturated rings. The molecule has 0 saturated heterocycles. The summed E-state index contributed by atoms with van der Waals surface area (Å²) in [5, 5.41) is 0. The van der Waals surface area contributed by atoms with E-state index in [1.807, 2.05) is 0 Å². The highest BCUT2D eigenvalue weighted by atomic mass is 19.3. The van der Waals surface area contributed by atoms with Gasteiger partial charge in [0.2, 0.25) is 0 Å². The lowest BCUT2D eigenvalue weighted by Crippen LogP contribution is -2.25. The van der Waals surface area contributed by atoms with Crippen LogP contribution >= 0.6 is 0 Å². The monoisotopic (exact) mass is 528 g/mol. The molecule has 3 aromatic carbocycles. The minimum absolute atomic E-state index is 0.0796. The van der Waals surface area contributed by atoms with Crippen LogP contribution in [-0.2, 0) is 15.6 Å². The molecule has 11 heteroatoms. The Balaban J connectivity index is 1.67. The minimum Gasteiger partial charge on any atom is -0.494 e. The van der Waals surface area contributed by atoms with E-state index < -0.39 is 52.5 Å². The van der Waals surface area contributed by atoms with Crippen molar-refractivity contribution in [3.63, 3.8) is 0 Å². The lowest BCUT2D eigenvalue weighted by atomic mass is 10.0. The van der Waals surface area contributed by atoms with Crippen molar-refractivity contribution in [3.05, 3.63) is 95.8 Å². The molecule has 0 radical (unpaired) electrons. The Bertz CT molecular complexity index is 1230. The molecule has 3 aromatic rings. The zero-order valence-electron chi connectivity index (χ0n) is 19.0. The van der Waals surface area contributed by atoms with Crippen molar-refractivity contribution < 1.29 is 49.7 Å². The number of rotatable bonds is 11. The normalized spacial score (nSPS) is 11.2. The van der Waals surface area contributed by atoms with Gasteiger partial charge in [0, 0.05) is 18.2 Å². The number of ether oxygens (including phenoxy) is 3. The number of hydrogen-bond donors (Lipinski definition) is 0. The molecule has 196 valence electrons. The summed E-state index contributed by atoms with van der Waals surface area (Å²) >= 11 is 0. The first kappa shape index (κ1) is 27.6. The Morgan fingerprint density at radius 2 is 1.35 bits per heavy atom. The zero-order chi connectivity index (χ0) is 27.2. The predicted molar refractivity (Wildman–Crippen MR) is 119 cm³/mol. The highest BCUT2D eigenvalue weighted by Gasteiger charge is 2.41. The van der Waals surface area contributed by atoms with Gasteiger partial charge in [-0.3, -0.25) is 0 Å². The second kappa shape index (κ2) is 11.8. The third-order valence-corrected chi connectivity index (χ3v) is 4.94. The van der Waals surface area contributed by atoms with E-state index >= 15 is 0 Å². The number of benzene rings is 3. The molecule has 0 spiro atoms. The molecule has 0 unspecified atom stereocenters. The van der Waals surface area contributed by atoms with E-state index in [1.165, 1.54) is 24.3 Å². The maximum atomic E-state index is 14.6. The van der Waals surface area contributed by atoms with E-state index in [9.17, 15) is 35.5 Å². The number of unbranched alkanes of at least 4 members (excludes halogenated alkanes) is 1. The minimum atomic E-state index is -4.68. The van der Waals surface area contributed by atoms with Crippen molar-refractivity contribution in [1.82, 2.24) is 0 Å². The summed E-state index contributed by atoms with van der Waals surface area (Å²) in [6.45, 7) is 3.79. The van der Waals surface area contributed by atoms with E-state index in [4.69, 9.17) is 9.47 Å². The van der Waals surface area contributed by atoms with E-state index in [0.29, 0.717) is 37.3 Å². The fraction of sp³-hybridized carbons (Fsp3) is 0.192. The molecule has 37 heavy (non-hydrogen) atoms. The van der Waals surface area contributed by atoms with Crippen LogP contribution in [-0.4, -0.2) is 19.2 Å². The van der Waals surface area contributed by atoms with Gasteiger partial charge in [-0.05, 0) is 48.2 Å². The van der Waals surface area contributed by atoms with Gasteiger partial charge in [-0.15, -0.1) is 0 Å². The van der Waals surface area contributed by atoms with Gasteiger partial charge in [-0.2, -0.15) is 8.78 Å². The Morgan fingerprint density at radius 1 is 0.784 bits per heavy atom. The first-order chi connectivity index (χ1) is 17.5. The van der Waals surface area contributed by atoms with Crippen molar-refractivity contribution >= 4 is 5.97 Å². The van der Waals surface area contributed by atoms with Gasteiger partial charge in [-0.25, -0.2) is 26.7 Å². The summed E-state index contributed by atoms with van der Waals surface area (Å²) in [5.74, 6) is -10.2. The van der Waals surface area contributed by atoms with Gasteiger partial charge in [-0.1, -0.05) is 18.7 Å². The van der Waals surface area contributed by atoms with Crippen molar-refractivity contribution in [1.29, 1.82) is 0 Å². The van der Waals surface area contributed by atoms with Crippen LogP contribution < -0.4 is 9.47 Å². The van der Waals surface area contributed by atoms with Crippen LogP contribution in [0.4, 0.5) is 30.7 Å². The fourth-order valence-electron chi connectivity index (χ4n) is 3.18. The Morgan fingerprint density at radius 3 is 1.92 bits per heavy atom. The second-order valence-corrected chi connectivity index (χ2v) is 7.59. The standard InChI is InChI=1S/C26H19F7O4/c1-2-23(34)36-10-4-3-9-35-17-7-5-15(6-8-17)16-11-19(27)24(20(28)12-16)26(32,33)37-18-13-21(29)25(31)22(30)14-18/h2,5-8,11-14H,1,3-4,9-10H2. The Kier molecular flexibility index (Phi) is 8.80. The van der Waals surface area contributed by atoms with Gasteiger partial charge in [0.15, 0.2) is 17.5 Å². The molecule has 0 saturated carbocycles. The molecule has 0 heterocycles. The molecule has 3 rings (SSSR count). The number of alkyl halides is 2. The first-order valence-electron chi connectivity index (χ1n) is 10.7. The maximum absolute atomic E-state index is 14.6. The molecule has 0 aliphatic heterocycles. The highest BCUT2D eigenvalue weighted by Crippen LogP contribution is 2.37. The first-order valence-corrected chi connectivity index (χ1v) is 10.7. The topological polar surface area (TPSA) is 44.8 Å². The van der Waals surface area contributed by atoms with Crippen LogP contribution in [0.3, 0.4) is 0 Å². The molecule has 0 atom stereocenters. The van der Waals surface area contributed by atoms with Crippen molar-refractivity contribution in [2.75, 3.05) is 13.2 Å². The third-order valence-electron chi connectivity index (χ3n) is 4.94. The van der Waals surface area contributed by atoms with Crippen LogP contribution in [0.1, 0.15) is 18.4 Å². The molecule has 0 aromatic heterocycles. The summed E-state index contributed by atoms with van der Waals surface area (Å²) in [6, 6.07) is 7.44. The van der Waals surface area contributed by atoms with Crippen LogP contribution in [0, 0.1) is 29.1 Å². The van der Waals surface area contributed by atoms with E-state index in [-0.39, 0.29) is 29.9 Å². The lowest BCUT2D eigenvalue weighted by molar-refractivity contribution is -0.189. The van der Waals surface area contributed by atoms with Crippen LogP contribution in [0.2, 0.25) is 0 Å². The van der Waals surface area contributed by atoms with Crippen LogP contribution in [0.15, 0.2) is 61.2 Å². The SMILES string of the molecule is C=CC(=O)OCCCCOc1ccc(-c2cc(F)c(C(F)(F)Oc3cc(F)c(F)c(F)c3)c(F)c2)cc1. The largest absolute Gasteiger partial charge is 0.494 e. The average molecular weight is 528 g/mol. The molecule has 0 N–H and O–H groups in total. The predicted octanol–water partition coefficient (Wildman–Crippen LogP) is 7.07. The van der Waals surface area contributed by atoms with E-state index in [2.05, 4.69) is 11.3 Å². The van der Waals surface area contributed by atoms with Crippen LogP contribution in [0.25, 0.3) is 11.1 Å². The third kappa shape index (κ3) is 7.02. The smallest absolute Gasteiger partial charge is 0.432 e. The quantitative estimate of drug-likeness (QED) is 0.0879. The molecular formula is C26H19F7O4. The molecule has 0 aliphatic carbocycles. The summed E-state index contributed by atoms with van der Waals surface area (Å²) < 4.78 is 112. The molecule has 0 aliphatic rings. The number of carbonyl (C=O) groups is 1. The molecule has 0 amide bonds. The number of hydrogen-bond acceptors (Lipinski definition) is 4. The fourth-order valence-corrected chi connectivity index (χ4v) is 3.18. The van der Waals surface area contributed by atoms with E-state index in [0.717, 1.165) is 6.08 Å². The van der Waals surface area contributed by atoms with Gasteiger partial charge < -0.3 is 14.2 Å². The van der Waals surface area contributed by atoms with Gasteiger partial charge >= 0.3 is 12.1 Å². The Hall–Kier alpha value is -4.02. The van der Waals surface area contributed by atoms with Gasteiger partial charge in [0.05, 0.1) is 13.2 Å². The highest BCUT2D eigenvalue weighted by molar-refractivity contribution is 5.81. The molecular weight excluding hydrogens is 509 g/mol. The maximum Gasteiger partial charge on any atom is 0.432 e. The van der Waals surface area contributed by atoms with Gasteiger partial charge in [0.25, 0.3) is 0 Å². The lowest BCUT2D eigenvalue weighted by Gasteiger charge is -2.20. The zero-order valence-corrected chi connectivity index (χ0v) is 19.0. The van der Waals surface area contributed by atoms with Crippen LogP contribution in [0.5, 0.6) is 11.5 Å². The Labute approximate surface area is 206 Å². The number of halogens is 7. The number of esters is 1. The van der Waals surface area contributed by atoms with Crippen molar-refractivity contribution in [3.8, 4) is 22.6 Å². The average Bonchev–Trinajstić information content (AvgIpc) is 2.83.